The molecule has 12 nitrogen and oxygen atoms in total. The minimum Gasteiger partial charge on any atom is -0.487 e. The van der Waals surface area contributed by atoms with E-state index in [0.29, 0.717) is 31.7 Å². The van der Waals surface area contributed by atoms with Crippen LogP contribution in [0.3, 0.4) is 0 Å². The van der Waals surface area contributed by atoms with Gasteiger partial charge in [0.2, 0.25) is 27.3 Å². The fourth-order valence-electron chi connectivity index (χ4n) is 5.00. The van der Waals surface area contributed by atoms with Crippen LogP contribution in [-0.2, 0) is 18.1 Å². The van der Waals surface area contributed by atoms with Gasteiger partial charge in [-0.1, -0.05) is 0 Å². The molecule has 1 saturated heterocycles. The minimum atomic E-state index is -1.75. The van der Waals surface area contributed by atoms with Crippen molar-refractivity contribution >= 4 is 39.3 Å². The number of rotatable bonds is 10. The maximum atomic E-state index is 15.5. The normalized spacial score (nSPS) is 18.4. The van der Waals surface area contributed by atoms with E-state index in [-0.39, 0.29) is 36.0 Å². The van der Waals surface area contributed by atoms with Crippen LogP contribution in [0.5, 0.6) is 5.75 Å². The van der Waals surface area contributed by atoms with Crippen molar-refractivity contribution in [3.8, 4) is 5.75 Å². The first-order chi connectivity index (χ1) is 18.1. The van der Waals surface area contributed by atoms with E-state index in [2.05, 4.69) is 0 Å². The van der Waals surface area contributed by atoms with Crippen LogP contribution >= 0.6 is 16.8 Å². The minimum absolute atomic E-state index is 0.0311. The molecule has 3 heterocycles. The Kier molecular flexibility index (Phi) is 8.91. The highest BCUT2D eigenvalue weighted by Gasteiger charge is 2.50. The smallest absolute Gasteiger partial charge is 0.341 e. The molecule has 2 aromatic rings. The van der Waals surface area contributed by atoms with Crippen LogP contribution in [0.1, 0.15) is 23.3 Å². The summed E-state index contributed by atoms with van der Waals surface area (Å²) in [4.78, 5) is 28.3. The number of aliphatic hydroxyl groups is 1. The Morgan fingerprint density at radius 2 is 1.71 bits per heavy atom. The second kappa shape index (κ2) is 11.7. The lowest BCUT2D eigenvalue weighted by molar-refractivity contribution is 0.0694. The van der Waals surface area contributed by atoms with Crippen molar-refractivity contribution in [3.05, 3.63) is 33.9 Å². The van der Waals surface area contributed by atoms with Crippen molar-refractivity contribution < 1.29 is 42.2 Å². The first-order valence-corrected chi connectivity index (χ1v) is 14.2. The van der Waals surface area contributed by atoms with E-state index in [1.54, 1.807) is 4.57 Å². The van der Waals surface area contributed by atoms with Crippen LogP contribution in [0.25, 0.3) is 10.9 Å². The SMILES string of the molecule is COP(OC)C(O)(CN1CCN(c2c(F)cc3c(=O)c(C(=O)O)cn4c3c2OCC4C)CC1)P(OC)OC. The quantitative estimate of drug-likeness (QED) is 0.406. The Hall–Kier alpha value is -1.95. The number of anilines is 1. The van der Waals surface area contributed by atoms with Gasteiger partial charge in [-0.2, -0.15) is 0 Å². The molecule has 1 atom stereocenters. The van der Waals surface area contributed by atoms with Gasteiger partial charge in [0, 0.05) is 67.4 Å². The van der Waals surface area contributed by atoms with Gasteiger partial charge in [0.25, 0.3) is 0 Å². The van der Waals surface area contributed by atoms with Gasteiger partial charge in [-0.05, 0) is 13.0 Å². The van der Waals surface area contributed by atoms with E-state index >= 15 is 4.39 Å². The summed E-state index contributed by atoms with van der Waals surface area (Å²) in [7, 11) is 2.29. The number of pyridine rings is 1. The van der Waals surface area contributed by atoms with E-state index in [0.717, 1.165) is 6.07 Å². The van der Waals surface area contributed by atoms with E-state index in [9.17, 15) is 19.8 Å². The van der Waals surface area contributed by atoms with Crippen LogP contribution in [0, 0.1) is 5.82 Å². The molecule has 0 saturated carbocycles. The number of ether oxygens (including phenoxy) is 1. The van der Waals surface area contributed by atoms with Gasteiger partial charge in [-0.3, -0.25) is 9.69 Å². The molecule has 4 rings (SSSR count). The van der Waals surface area contributed by atoms with Gasteiger partial charge >= 0.3 is 5.97 Å². The summed E-state index contributed by atoms with van der Waals surface area (Å²) in [5.74, 6) is -1.80. The van der Waals surface area contributed by atoms with Crippen molar-refractivity contribution in [2.75, 3.05) is 72.7 Å². The Labute approximate surface area is 221 Å². The number of carboxylic acids is 1. The predicted octanol–water partition coefficient (Wildman–Crippen LogP) is 2.77. The van der Waals surface area contributed by atoms with Crippen molar-refractivity contribution in [1.82, 2.24) is 9.47 Å². The molecule has 1 aromatic carbocycles. The molecule has 2 N–H and O–H groups in total. The maximum Gasteiger partial charge on any atom is 0.341 e. The van der Waals surface area contributed by atoms with Gasteiger partial charge in [-0.15, -0.1) is 0 Å². The van der Waals surface area contributed by atoms with Crippen LogP contribution in [-0.4, -0.2) is 98.5 Å². The first kappa shape index (κ1) is 29.0. The zero-order chi connectivity index (χ0) is 27.8. The van der Waals surface area contributed by atoms with Crippen LogP contribution in [0.15, 0.2) is 17.1 Å². The molecule has 38 heavy (non-hydrogen) atoms. The van der Waals surface area contributed by atoms with Crippen molar-refractivity contribution in [2.45, 2.75) is 18.0 Å². The molecule has 1 fully saturated rings. The molecule has 1 aromatic heterocycles. The molecular formula is C23H32FN3O9P2. The molecule has 0 aliphatic carbocycles. The molecule has 2 aliphatic heterocycles. The zero-order valence-electron chi connectivity index (χ0n) is 21.8. The Morgan fingerprint density at radius 1 is 1.13 bits per heavy atom. The molecule has 0 spiro atoms. The molecule has 2 aliphatic rings. The molecule has 15 heteroatoms. The summed E-state index contributed by atoms with van der Waals surface area (Å²) in [6.45, 7) is 3.92. The topological polar surface area (TPSA) is 132 Å². The highest BCUT2D eigenvalue weighted by molar-refractivity contribution is 7.67. The van der Waals surface area contributed by atoms with E-state index < -0.39 is 44.6 Å². The summed E-state index contributed by atoms with van der Waals surface area (Å²) in [5.41, 5.74) is -0.561. The van der Waals surface area contributed by atoms with Gasteiger partial charge in [0.15, 0.2) is 11.6 Å². The van der Waals surface area contributed by atoms with E-state index in [1.807, 2.05) is 16.7 Å². The predicted molar refractivity (Wildman–Crippen MR) is 141 cm³/mol. The number of halogens is 1. The Balaban J connectivity index is 1.64. The Morgan fingerprint density at radius 3 is 2.24 bits per heavy atom. The highest BCUT2D eigenvalue weighted by Crippen LogP contribution is 2.66. The number of carbonyl (C=O) groups is 1. The Bertz CT molecular complexity index is 1240. The zero-order valence-corrected chi connectivity index (χ0v) is 23.6. The van der Waals surface area contributed by atoms with E-state index in [1.165, 1.54) is 34.6 Å². The van der Waals surface area contributed by atoms with Gasteiger partial charge in [0.1, 0.15) is 17.9 Å². The molecule has 1 unspecified atom stereocenters. The lowest BCUT2D eigenvalue weighted by Crippen LogP contribution is -2.51. The summed E-state index contributed by atoms with van der Waals surface area (Å²) >= 11 is 0. The molecule has 0 amide bonds. The van der Waals surface area contributed by atoms with Gasteiger partial charge in [0.05, 0.1) is 16.9 Å². The summed E-state index contributed by atoms with van der Waals surface area (Å²) in [6.07, 6.45) is 1.30. The molecular weight excluding hydrogens is 543 g/mol. The maximum absolute atomic E-state index is 15.5. The highest BCUT2D eigenvalue weighted by atomic mass is 31.2. The third kappa shape index (κ3) is 5.02. The summed E-state index contributed by atoms with van der Waals surface area (Å²) < 4.78 is 44.8. The summed E-state index contributed by atoms with van der Waals surface area (Å²) in [6, 6.07) is 0.852. The number of piperazine rings is 1. The van der Waals surface area contributed by atoms with Crippen LogP contribution in [0.4, 0.5) is 10.1 Å². The van der Waals surface area contributed by atoms with Gasteiger partial charge in [-0.25, -0.2) is 9.18 Å². The van der Waals surface area contributed by atoms with Crippen molar-refractivity contribution in [3.63, 3.8) is 0 Å². The number of aromatic carboxylic acids is 1. The fraction of sp³-hybridized carbons (Fsp3) is 0.565. The lowest BCUT2D eigenvalue weighted by atomic mass is 10.1. The van der Waals surface area contributed by atoms with Gasteiger partial charge < -0.3 is 42.5 Å². The lowest BCUT2D eigenvalue weighted by Gasteiger charge is -2.43. The monoisotopic (exact) mass is 575 g/mol. The van der Waals surface area contributed by atoms with E-state index in [4.69, 9.17) is 22.8 Å². The van der Waals surface area contributed by atoms with Crippen LogP contribution < -0.4 is 15.1 Å². The second-order valence-corrected chi connectivity index (χ2v) is 13.3. The third-order valence-electron chi connectivity index (χ3n) is 6.74. The van der Waals surface area contributed by atoms with Crippen molar-refractivity contribution in [2.24, 2.45) is 0 Å². The van der Waals surface area contributed by atoms with Crippen LogP contribution in [0.2, 0.25) is 0 Å². The van der Waals surface area contributed by atoms with Crippen molar-refractivity contribution in [1.29, 1.82) is 0 Å². The second-order valence-electron chi connectivity index (χ2n) is 8.96. The first-order valence-electron chi connectivity index (χ1n) is 11.8. The molecule has 0 bridgehead atoms. The number of β-amino-alcohol motifs (C(OH)–C–C–N with tert-alkyl or cyclic N) is 1. The number of nitrogens with zero attached hydrogens (tertiary/aromatic N) is 3. The molecule has 0 radical (unpaired) electrons. The average Bonchev–Trinajstić information content (AvgIpc) is 2.89. The molecule has 210 valence electrons. The number of hydrogen-bond donors (Lipinski definition) is 2. The summed E-state index contributed by atoms with van der Waals surface area (Å²) in [5, 5.41) is 19.4. The number of benzene rings is 1. The number of hydrogen-bond acceptors (Lipinski definition) is 10. The standard InChI is InChI=1S/C23H32FN3O9P2/c1-14-12-36-21-18-15(20(28)16(22(29)30)11-27(14)18)10-17(24)19(21)26-8-6-25(7-9-26)13-23(31,37(32-2)33-3)38(34-4)35-5/h10-11,14,31H,6-9,12-13H2,1-5H3,(H,29,30). The number of carboxylic acid groups (broad SMARTS) is 1. The average molecular weight is 575 g/mol. The fourth-order valence-corrected chi connectivity index (χ4v) is 8.62. The largest absolute Gasteiger partial charge is 0.487 e. The third-order valence-corrected chi connectivity index (χ3v) is 10.5. The number of aromatic nitrogens is 1.